The lowest BCUT2D eigenvalue weighted by Gasteiger charge is -2.13. The second-order valence-corrected chi connectivity index (χ2v) is 15.6. The molecule has 12 rings (SSSR count). The maximum absolute atomic E-state index is 5.30. The highest BCUT2D eigenvalue weighted by atomic mass is 15.0. The Morgan fingerprint density at radius 3 is 1.49 bits per heavy atom. The molecule has 0 atom stereocenters. The number of hydrogen-bond donors (Lipinski definition) is 0. The Morgan fingerprint density at radius 2 is 0.787 bits per heavy atom. The van der Waals surface area contributed by atoms with Crippen molar-refractivity contribution in [2.75, 3.05) is 0 Å². The van der Waals surface area contributed by atoms with Crippen molar-refractivity contribution in [2.24, 2.45) is 0 Å². The number of para-hydroxylation sites is 1. The van der Waals surface area contributed by atoms with Gasteiger partial charge in [0.1, 0.15) is 0 Å². The number of pyridine rings is 1. The summed E-state index contributed by atoms with van der Waals surface area (Å²) >= 11 is 0. The predicted molar refractivity (Wildman–Crippen MR) is 254 cm³/mol. The molecule has 0 spiro atoms. The Balaban J connectivity index is 0.968. The summed E-state index contributed by atoms with van der Waals surface area (Å²) in [5.74, 6) is 0.684. The van der Waals surface area contributed by atoms with E-state index in [0.29, 0.717) is 5.82 Å². The van der Waals surface area contributed by atoms with Crippen LogP contribution in [-0.4, -0.2) is 19.5 Å². The van der Waals surface area contributed by atoms with Crippen molar-refractivity contribution < 1.29 is 0 Å². The number of nitrogens with zero attached hydrogens (tertiary/aromatic N) is 4. The van der Waals surface area contributed by atoms with Gasteiger partial charge in [-0.3, -0.25) is 4.98 Å². The highest BCUT2D eigenvalue weighted by molar-refractivity contribution is 6.25. The van der Waals surface area contributed by atoms with E-state index in [4.69, 9.17) is 9.97 Å². The summed E-state index contributed by atoms with van der Waals surface area (Å²) in [5, 5.41) is 9.88. The third kappa shape index (κ3) is 5.96. The number of hydrogen-bond acceptors (Lipinski definition) is 3. The Morgan fingerprint density at radius 1 is 0.295 bits per heavy atom. The molecular formula is C57H36N4. The summed E-state index contributed by atoms with van der Waals surface area (Å²) in [5.41, 5.74) is 12.7. The molecule has 0 N–H and O–H groups in total. The van der Waals surface area contributed by atoms with Gasteiger partial charge in [0.2, 0.25) is 0 Å². The first kappa shape index (κ1) is 34.8. The molecule has 0 fully saturated rings. The van der Waals surface area contributed by atoms with Gasteiger partial charge >= 0.3 is 0 Å². The number of benzene rings is 9. The molecular weight excluding hydrogens is 741 g/mol. The van der Waals surface area contributed by atoms with E-state index in [1.54, 1.807) is 0 Å². The molecule has 0 saturated carbocycles. The average Bonchev–Trinajstić information content (AvgIpc) is 3.68. The van der Waals surface area contributed by atoms with E-state index in [2.05, 4.69) is 210 Å². The van der Waals surface area contributed by atoms with Gasteiger partial charge in [-0.05, 0) is 109 Å². The molecule has 3 aromatic heterocycles. The zero-order valence-electron chi connectivity index (χ0n) is 33.1. The van der Waals surface area contributed by atoms with Gasteiger partial charge in [-0.25, -0.2) is 9.97 Å². The first-order chi connectivity index (χ1) is 30.2. The standard InChI is InChI=1S/C57H36N4/c1-3-13-37(14-4-1)53-35-54(42-17-11-15-38(31-42)41-26-28-55-51(34-41)52-36-58-30-29-56(52)61(55)44-19-5-2-6-20-44)60-57(59-53)43-18-12-16-39(32-43)40-25-27-49-47-23-8-7-21-45(47)46-22-9-10-24-48(46)50(49)33-40/h1-36H. The summed E-state index contributed by atoms with van der Waals surface area (Å²) in [4.78, 5) is 15.0. The van der Waals surface area contributed by atoms with Crippen LogP contribution < -0.4 is 0 Å². The zero-order chi connectivity index (χ0) is 40.3. The van der Waals surface area contributed by atoms with Crippen LogP contribution in [0.25, 0.3) is 116 Å². The summed E-state index contributed by atoms with van der Waals surface area (Å²) in [6.07, 6.45) is 3.84. The smallest absolute Gasteiger partial charge is 0.160 e. The molecule has 284 valence electrons. The molecule has 12 aromatic rings. The van der Waals surface area contributed by atoms with Gasteiger partial charge in [-0.2, -0.15) is 0 Å². The van der Waals surface area contributed by atoms with E-state index in [1.807, 2.05) is 18.5 Å². The lowest BCUT2D eigenvalue weighted by atomic mass is 9.92. The minimum absolute atomic E-state index is 0.684. The largest absolute Gasteiger partial charge is 0.309 e. The van der Waals surface area contributed by atoms with Crippen LogP contribution in [0.2, 0.25) is 0 Å². The fourth-order valence-electron chi connectivity index (χ4n) is 9.17. The summed E-state index contributed by atoms with van der Waals surface area (Å²) in [7, 11) is 0. The second kappa shape index (κ2) is 14.3. The third-order valence-corrected chi connectivity index (χ3v) is 12.1. The molecule has 4 heteroatoms. The van der Waals surface area contributed by atoms with Crippen LogP contribution in [0.3, 0.4) is 0 Å². The van der Waals surface area contributed by atoms with Gasteiger partial charge in [0, 0.05) is 45.5 Å². The van der Waals surface area contributed by atoms with Gasteiger partial charge in [-0.1, -0.05) is 152 Å². The van der Waals surface area contributed by atoms with Crippen LogP contribution in [0.1, 0.15) is 0 Å². The number of fused-ring (bicyclic) bond motifs is 9. The first-order valence-electron chi connectivity index (χ1n) is 20.7. The Labute approximate surface area is 352 Å². The lowest BCUT2D eigenvalue weighted by Crippen LogP contribution is -1.96. The zero-order valence-corrected chi connectivity index (χ0v) is 33.1. The van der Waals surface area contributed by atoms with Gasteiger partial charge in [0.25, 0.3) is 0 Å². The molecule has 61 heavy (non-hydrogen) atoms. The van der Waals surface area contributed by atoms with Crippen molar-refractivity contribution >= 4 is 54.1 Å². The lowest BCUT2D eigenvalue weighted by molar-refractivity contribution is 1.17. The predicted octanol–water partition coefficient (Wildman–Crippen LogP) is 14.8. The maximum atomic E-state index is 5.30. The van der Waals surface area contributed by atoms with Crippen LogP contribution in [0, 0.1) is 0 Å². The van der Waals surface area contributed by atoms with Gasteiger partial charge in [0.15, 0.2) is 5.82 Å². The third-order valence-electron chi connectivity index (χ3n) is 12.1. The van der Waals surface area contributed by atoms with Crippen molar-refractivity contribution in [1.29, 1.82) is 0 Å². The molecule has 4 nitrogen and oxygen atoms in total. The van der Waals surface area contributed by atoms with E-state index < -0.39 is 0 Å². The van der Waals surface area contributed by atoms with Crippen molar-refractivity contribution in [3.63, 3.8) is 0 Å². The minimum atomic E-state index is 0.684. The van der Waals surface area contributed by atoms with Crippen LogP contribution in [0.15, 0.2) is 219 Å². The van der Waals surface area contributed by atoms with Gasteiger partial charge in [-0.15, -0.1) is 0 Å². The summed E-state index contributed by atoms with van der Waals surface area (Å²) < 4.78 is 2.32. The first-order valence-corrected chi connectivity index (χ1v) is 20.7. The number of aromatic nitrogens is 4. The van der Waals surface area contributed by atoms with E-state index in [-0.39, 0.29) is 0 Å². The topological polar surface area (TPSA) is 43.6 Å². The van der Waals surface area contributed by atoms with Gasteiger partial charge in [0.05, 0.1) is 22.4 Å². The quantitative estimate of drug-likeness (QED) is 0.158. The van der Waals surface area contributed by atoms with Crippen molar-refractivity contribution in [2.45, 2.75) is 0 Å². The van der Waals surface area contributed by atoms with E-state index in [1.165, 1.54) is 37.7 Å². The molecule has 0 aliphatic carbocycles. The van der Waals surface area contributed by atoms with Crippen molar-refractivity contribution in [3.05, 3.63) is 219 Å². The summed E-state index contributed by atoms with van der Waals surface area (Å²) in [6, 6.07) is 73.5. The Kier molecular flexibility index (Phi) is 8.13. The maximum Gasteiger partial charge on any atom is 0.160 e. The molecule has 9 aromatic carbocycles. The Bertz CT molecular complexity index is 3610. The monoisotopic (exact) mass is 776 g/mol. The highest BCUT2D eigenvalue weighted by Crippen LogP contribution is 2.39. The highest BCUT2D eigenvalue weighted by Gasteiger charge is 2.16. The molecule has 0 amide bonds. The van der Waals surface area contributed by atoms with Crippen LogP contribution in [0.5, 0.6) is 0 Å². The van der Waals surface area contributed by atoms with Crippen molar-refractivity contribution in [1.82, 2.24) is 19.5 Å². The van der Waals surface area contributed by atoms with Crippen molar-refractivity contribution in [3.8, 4) is 61.8 Å². The Hall–Kier alpha value is -8.21. The van der Waals surface area contributed by atoms with Crippen LogP contribution in [0.4, 0.5) is 0 Å². The fraction of sp³-hybridized carbons (Fsp3) is 0. The van der Waals surface area contributed by atoms with E-state index in [0.717, 1.165) is 72.4 Å². The van der Waals surface area contributed by atoms with E-state index >= 15 is 0 Å². The van der Waals surface area contributed by atoms with E-state index in [9.17, 15) is 0 Å². The molecule has 3 heterocycles. The van der Waals surface area contributed by atoms with Crippen LogP contribution in [-0.2, 0) is 0 Å². The summed E-state index contributed by atoms with van der Waals surface area (Å²) in [6.45, 7) is 0. The molecule has 0 saturated heterocycles. The van der Waals surface area contributed by atoms with Crippen LogP contribution >= 0.6 is 0 Å². The number of rotatable bonds is 6. The SMILES string of the molecule is c1ccc(-c2cc(-c3cccc(-c4ccc5c(c4)c4cnccc4n5-c4ccccc4)c3)nc(-c3cccc(-c4ccc5c6ccccc6c6ccccc6c5c4)c3)n2)cc1. The molecule has 0 unspecified atom stereocenters. The molecule has 0 radical (unpaired) electrons. The minimum Gasteiger partial charge on any atom is -0.309 e. The molecule has 0 bridgehead atoms. The normalized spacial score (nSPS) is 11.6. The van der Waals surface area contributed by atoms with Gasteiger partial charge < -0.3 is 4.57 Å². The molecule has 0 aliphatic rings. The molecule has 0 aliphatic heterocycles. The average molecular weight is 777 g/mol. The fourth-order valence-corrected chi connectivity index (χ4v) is 9.17. The second-order valence-electron chi connectivity index (χ2n) is 15.6.